The molecule has 0 atom stereocenters. The molecule has 190 valence electrons. The summed E-state index contributed by atoms with van der Waals surface area (Å²) in [4.78, 5) is 25.9. The molecule has 1 fully saturated rings. The van der Waals surface area contributed by atoms with Crippen LogP contribution in [0.1, 0.15) is 10.4 Å². The summed E-state index contributed by atoms with van der Waals surface area (Å²) in [6.45, 7) is 3.97. The number of likely N-dealkylation sites (N-methyl/N-ethyl adjacent to an activating group) is 1. The van der Waals surface area contributed by atoms with Gasteiger partial charge in [-0.3, -0.25) is 4.79 Å². The van der Waals surface area contributed by atoms with E-state index in [2.05, 4.69) is 42.8 Å². The number of methoxy groups -OCH3 is 1. The van der Waals surface area contributed by atoms with E-state index in [0.29, 0.717) is 39.5 Å². The molecule has 1 aliphatic heterocycles. The van der Waals surface area contributed by atoms with E-state index in [0.717, 1.165) is 31.9 Å². The van der Waals surface area contributed by atoms with Crippen molar-refractivity contribution in [3.63, 3.8) is 0 Å². The van der Waals surface area contributed by atoms with E-state index in [4.69, 9.17) is 21.4 Å². The number of nitrogens with one attached hydrogen (secondary N) is 3. The lowest BCUT2D eigenvalue weighted by Gasteiger charge is -2.34. The van der Waals surface area contributed by atoms with Crippen LogP contribution in [0.5, 0.6) is 5.75 Å². The Kier molecular flexibility index (Phi) is 8.42. The first kappa shape index (κ1) is 25.5. The molecule has 1 amide bonds. The summed E-state index contributed by atoms with van der Waals surface area (Å²) in [5, 5.41) is 18.3. The van der Waals surface area contributed by atoms with Crippen LogP contribution in [-0.4, -0.2) is 79.4 Å². The van der Waals surface area contributed by atoms with E-state index in [9.17, 15) is 4.79 Å². The summed E-state index contributed by atoms with van der Waals surface area (Å²) in [7, 11) is 3.76. The average Bonchev–Trinajstić information content (AvgIpc) is 2.90. The number of carbonyl (C=O) groups excluding carboxylic acids is 1. The van der Waals surface area contributed by atoms with Gasteiger partial charge in [-0.15, -0.1) is 0 Å². The van der Waals surface area contributed by atoms with Gasteiger partial charge in [-0.05, 0) is 31.3 Å². The fraction of sp³-hybridized carbons (Fsp3) is 0.320. The number of aliphatic hydroxyl groups is 1. The minimum absolute atomic E-state index is 0.145. The molecule has 1 aliphatic rings. The minimum Gasteiger partial charge on any atom is -0.494 e. The molecule has 11 heteroatoms. The largest absolute Gasteiger partial charge is 0.494 e. The summed E-state index contributed by atoms with van der Waals surface area (Å²) in [6.07, 6.45) is 1.48. The fourth-order valence-corrected chi connectivity index (χ4v) is 4.00. The molecule has 0 bridgehead atoms. The SMILES string of the molecule is COc1cc(N2CCN(C)CC2)ccc1Nc1ncc(Cl)c(Nc2ccccc2C(=O)NCCO)n1. The minimum atomic E-state index is -0.319. The highest BCUT2D eigenvalue weighted by molar-refractivity contribution is 6.33. The predicted octanol–water partition coefficient (Wildman–Crippen LogP) is 3.10. The Hall–Kier alpha value is -3.60. The number of nitrogens with zero attached hydrogens (tertiary/aromatic N) is 4. The van der Waals surface area contributed by atoms with Gasteiger partial charge in [0.25, 0.3) is 5.91 Å². The maximum absolute atomic E-state index is 12.5. The Labute approximate surface area is 215 Å². The standard InChI is InChI=1S/C25H30ClN7O3/c1-32-10-12-33(13-11-32)17-7-8-21(22(15-17)36-2)30-25-28-16-19(26)23(31-25)29-20-6-4-3-5-18(20)24(35)27-9-14-34/h3-8,15-16,34H,9-14H2,1-2H3,(H,27,35)(H2,28,29,30,31). The second kappa shape index (κ2) is 11.9. The normalized spacial score (nSPS) is 13.8. The van der Waals surface area contributed by atoms with Crippen LogP contribution in [0.2, 0.25) is 5.02 Å². The number of aliphatic hydroxyl groups excluding tert-OH is 1. The first-order chi connectivity index (χ1) is 17.5. The predicted molar refractivity (Wildman–Crippen MR) is 142 cm³/mol. The van der Waals surface area contributed by atoms with Gasteiger partial charge in [-0.25, -0.2) is 4.98 Å². The molecule has 0 saturated carbocycles. The van der Waals surface area contributed by atoms with E-state index < -0.39 is 0 Å². The van der Waals surface area contributed by atoms with Crippen LogP contribution in [0.3, 0.4) is 0 Å². The lowest BCUT2D eigenvalue weighted by atomic mass is 10.1. The molecule has 3 aromatic rings. The van der Waals surface area contributed by atoms with Crippen LogP contribution in [0.15, 0.2) is 48.7 Å². The molecule has 2 aromatic carbocycles. The van der Waals surface area contributed by atoms with Crippen molar-refractivity contribution < 1.29 is 14.6 Å². The second-order valence-electron chi connectivity index (χ2n) is 8.34. The fourth-order valence-electron chi connectivity index (χ4n) is 3.86. The third-order valence-electron chi connectivity index (χ3n) is 5.87. The topological polar surface area (TPSA) is 115 Å². The van der Waals surface area contributed by atoms with Crippen LogP contribution in [-0.2, 0) is 0 Å². The number of piperazine rings is 1. The van der Waals surface area contributed by atoms with Crippen molar-refractivity contribution in [1.29, 1.82) is 0 Å². The van der Waals surface area contributed by atoms with E-state index in [1.54, 1.807) is 31.4 Å². The first-order valence-electron chi connectivity index (χ1n) is 11.6. The van der Waals surface area contributed by atoms with E-state index in [-0.39, 0.29) is 19.1 Å². The third-order valence-corrected chi connectivity index (χ3v) is 6.14. The molecule has 1 saturated heterocycles. The van der Waals surface area contributed by atoms with Gasteiger partial charge < -0.3 is 35.6 Å². The smallest absolute Gasteiger partial charge is 0.253 e. The van der Waals surface area contributed by atoms with Gasteiger partial charge in [0.1, 0.15) is 10.8 Å². The first-order valence-corrected chi connectivity index (χ1v) is 12.0. The molecule has 4 N–H and O–H groups in total. The second-order valence-corrected chi connectivity index (χ2v) is 8.75. The van der Waals surface area contributed by atoms with Crippen LogP contribution < -0.4 is 25.6 Å². The van der Waals surface area contributed by atoms with Gasteiger partial charge in [0, 0.05) is 44.5 Å². The van der Waals surface area contributed by atoms with Gasteiger partial charge in [0.05, 0.1) is 36.9 Å². The average molecular weight is 512 g/mol. The number of hydrogen-bond donors (Lipinski definition) is 4. The maximum atomic E-state index is 12.5. The molecular weight excluding hydrogens is 482 g/mol. The summed E-state index contributed by atoms with van der Waals surface area (Å²) in [5.41, 5.74) is 2.73. The Morgan fingerprint density at radius 3 is 2.64 bits per heavy atom. The number of para-hydroxylation sites is 1. The van der Waals surface area contributed by atoms with Gasteiger partial charge >= 0.3 is 0 Å². The van der Waals surface area contributed by atoms with Gasteiger partial charge in [-0.2, -0.15) is 4.98 Å². The van der Waals surface area contributed by atoms with Crippen molar-refractivity contribution in [2.24, 2.45) is 0 Å². The monoisotopic (exact) mass is 511 g/mol. The number of anilines is 5. The Balaban J connectivity index is 1.53. The van der Waals surface area contributed by atoms with Gasteiger partial charge in [-0.1, -0.05) is 23.7 Å². The molecule has 1 aromatic heterocycles. The quantitative estimate of drug-likeness (QED) is 0.344. The van der Waals surface area contributed by atoms with Crippen molar-refractivity contribution >= 4 is 46.3 Å². The molecule has 4 rings (SSSR count). The third kappa shape index (κ3) is 6.14. The van der Waals surface area contributed by atoms with Crippen LogP contribution in [0, 0.1) is 0 Å². The number of aromatic nitrogens is 2. The van der Waals surface area contributed by atoms with E-state index in [1.807, 2.05) is 18.2 Å². The summed E-state index contributed by atoms with van der Waals surface area (Å²) in [5.74, 6) is 1.01. The zero-order valence-electron chi connectivity index (χ0n) is 20.3. The van der Waals surface area contributed by atoms with Crippen molar-refractivity contribution in [3.8, 4) is 5.75 Å². The number of ether oxygens (including phenoxy) is 1. The number of hydrogen-bond acceptors (Lipinski definition) is 9. The molecule has 0 radical (unpaired) electrons. The molecular formula is C25H30ClN7O3. The Morgan fingerprint density at radius 1 is 1.11 bits per heavy atom. The lowest BCUT2D eigenvalue weighted by Crippen LogP contribution is -2.44. The number of amides is 1. The molecule has 0 unspecified atom stereocenters. The van der Waals surface area contributed by atoms with Crippen molar-refractivity contribution in [2.75, 3.05) is 69.0 Å². The molecule has 0 aliphatic carbocycles. The highest BCUT2D eigenvalue weighted by atomic mass is 35.5. The van der Waals surface area contributed by atoms with Gasteiger partial charge in [0.15, 0.2) is 5.82 Å². The lowest BCUT2D eigenvalue weighted by molar-refractivity contribution is 0.0945. The number of carbonyl (C=O) groups is 1. The number of rotatable bonds is 9. The highest BCUT2D eigenvalue weighted by Crippen LogP contribution is 2.33. The zero-order valence-corrected chi connectivity index (χ0v) is 21.0. The van der Waals surface area contributed by atoms with Crippen LogP contribution in [0.4, 0.5) is 28.8 Å². The van der Waals surface area contributed by atoms with Crippen LogP contribution >= 0.6 is 11.6 Å². The highest BCUT2D eigenvalue weighted by Gasteiger charge is 2.17. The molecule has 36 heavy (non-hydrogen) atoms. The summed E-state index contributed by atoms with van der Waals surface area (Å²) in [6, 6.07) is 13.0. The van der Waals surface area contributed by atoms with E-state index in [1.165, 1.54) is 6.20 Å². The molecule has 0 spiro atoms. The van der Waals surface area contributed by atoms with Crippen molar-refractivity contribution in [1.82, 2.24) is 20.2 Å². The summed E-state index contributed by atoms with van der Waals surface area (Å²) >= 11 is 6.36. The maximum Gasteiger partial charge on any atom is 0.253 e. The Morgan fingerprint density at radius 2 is 1.89 bits per heavy atom. The summed E-state index contributed by atoms with van der Waals surface area (Å²) < 4.78 is 5.63. The van der Waals surface area contributed by atoms with Crippen molar-refractivity contribution in [2.45, 2.75) is 0 Å². The Bertz CT molecular complexity index is 1200. The number of halogens is 1. The van der Waals surface area contributed by atoms with Gasteiger partial charge in [0.2, 0.25) is 5.95 Å². The zero-order chi connectivity index (χ0) is 25.5. The van der Waals surface area contributed by atoms with E-state index >= 15 is 0 Å². The van der Waals surface area contributed by atoms with Crippen LogP contribution in [0.25, 0.3) is 0 Å². The molecule has 2 heterocycles. The molecule has 10 nitrogen and oxygen atoms in total. The van der Waals surface area contributed by atoms with Crippen molar-refractivity contribution in [3.05, 3.63) is 59.2 Å². The number of benzene rings is 2.